The van der Waals surface area contributed by atoms with Crippen LogP contribution in [-0.2, 0) is 4.84 Å². The van der Waals surface area contributed by atoms with Gasteiger partial charge in [0, 0.05) is 5.02 Å². The van der Waals surface area contributed by atoms with Crippen LogP contribution in [0.3, 0.4) is 0 Å². The molecule has 0 amide bonds. The van der Waals surface area contributed by atoms with Crippen LogP contribution in [0.25, 0.3) is 0 Å². The van der Waals surface area contributed by atoms with Gasteiger partial charge in [-0.05, 0) is 19.1 Å². The van der Waals surface area contributed by atoms with E-state index in [0.29, 0.717) is 6.61 Å². The first kappa shape index (κ1) is 10.4. The highest BCUT2D eigenvalue weighted by molar-refractivity contribution is 6.30. The van der Waals surface area contributed by atoms with Crippen LogP contribution in [0.4, 0.5) is 0 Å². The van der Waals surface area contributed by atoms with E-state index in [1.165, 1.54) is 0 Å². The van der Waals surface area contributed by atoms with E-state index in [1.54, 1.807) is 0 Å². The van der Waals surface area contributed by atoms with Gasteiger partial charge in [-0.25, -0.2) is 5.90 Å². The zero-order valence-electron chi connectivity index (χ0n) is 6.46. The molecule has 3 heteroatoms. The SMILES string of the molecule is CCON.Clc1ccccc1. The Kier molecular flexibility index (Phi) is 7.15. The van der Waals surface area contributed by atoms with Crippen LogP contribution in [-0.4, -0.2) is 6.61 Å². The van der Waals surface area contributed by atoms with Gasteiger partial charge < -0.3 is 4.84 Å². The second kappa shape index (κ2) is 7.54. The van der Waals surface area contributed by atoms with Gasteiger partial charge in [0.05, 0.1) is 6.61 Å². The average Bonchev–Trinajstić information content (AvgIpc) is 2.07. The molecule has 1 rings (SSSR count). The molecule has 0 spiro atoms. The summed E-state index contributed by atoms with van der Waals surface area (Å²) in [6.07, 6.45) is 0. The Labute approximate surface area is 71.9 Å². The topological polar surface area (TPSA) is 35.2 Å². The lowest BCUT2D eigenvalue weighted by Crippen LogP contribution is -1.94. The number of hydrogen-bond donors (Lipinski definition) is 1. The van der Waals surface area contributed by atoms with Crippen molar-refractivity contribution in [3.8, 4) is 0 Å². The zero-order chi connectivity index (χ0) is 8.53. The standard InChI is InChI=1S/C6H5Cl.C2H7NO/c7-6-4-2-1-3-5-6;1-2-4-3/h1-5H;2-3H2,1H3. The summed E-state index contributed by atoms with van der Waals surface area (Å²) in [6, 6.07) is 9.44. The molecule has 2 N–H and O–H groups in total. The fraction of sp³-hybridized carbons (Fsp3) is 0.250. The smallest absolute Gasteiger partial charge is 0.0651 e. The Balaban J connectivity index is 0.000000218. The molecule has 0 atom stereocenters. The van der Waals surface area contributed by atoms with Crippen molar-refractivity contribution in [2.75, 3.05) is 6.61 Å². The molecule has 0 aliphatic rings. The highest BCUT2D eigenvalue weighted by atomic mass is 35.5. The van der Waals surface area contributed by atoms with E-state index in [2.05, 4.69) is 10.7 Å². The van der Waals surface area contributed by atoms with Crippen LogP contribution in [0.15, 0.2) is 30.3 Å². The molecule has 0 aliphatic carbocycles. The lowest BCUT2D eigenvalue weighted by Gasteiger charge is -1.80. The first-order valence-corrected chi connectivity index (χ1v) is 3.71. The van der Waals surface area contributed by atoms with Crippen LogP contribution < -0.4 is 5.90 Å². The van der Waals surface area contributed by atoms with Gasteiger partial charge in [0.2, 0.25) is 0 Å². The summed E-state index contributed by atoms with van der Waals surface area (Å²) in [6.45, 7) is 2.43. The number of halogens is 1. The normalized spacial score (nSPS) is 8.27. The number of nitrogens with two attached hydrogens (primary N) is 1. The molecule has 0 fully saturated rings. The fourth-order valence-electron chi connectivity index (χ4n) is 0.415. The molecule has 0 unspecified atom stereocenters. The van der Waals surface area contributed by atoms with Crippen molar-refractivity contribution in [1.82, 2.24) is 0 Å². The van der Waals surface area contributed by atoms with Gasteiger partial charge >= 0.3 is 0 Å². The predicted octanol–water partition coefficient (Wildman–Crippen LogP) is 2.24. The third kappa shape index (κ3) is 7.33. The van der Waals surface area contributed by atoms with Crippen LogP contribution in [0.5, 0.6) is 0 Å². The van der Waals surface area contributed by atoms with Gasteiger partial charge in [0.1, 0.15) is 0 Å². The minimum atomic E-state index is 0.597. The van der Waals surface area contributed by atoms with Crippen LogP contribution in [0.1, 0.15) is 6.92 Å². The molecule has 11 heavy (non-hydrogen) atoms. The second-order valence-corrected chi connectivity index (χ2v) is 2.19. The lowest BCUT2D eigenvalue weighted by molar-refractivity contribution is 0.152. The molecule has 2 nitrogen and oxygen atoms in total. The van der Waals surface area contributed by atoms with Crippen molar-refractivity contribution in [1.29, 1.82) is 0 Å². The van der Waals surface area contributed by atoms with E-state index in [9.17, 15) is 0 Å². The van der Waals surface area contributed by atoms with Crippen LogP contribution in [0, 0.1) is 0 Å². The predicted molar refractivity (Wildman–Crippen MR) is 47.3 cm³/mol. The maximum absolute atomic E-state index is 5.54. The third-order valence-corrected chi connectivity index (χ3v) is 1.15. The summed E-state index contributed by atoms with van der Waals surface area (Å²) < 4.78 is 0. The van der Waals surface area contributed by atoms with Crippen LogP contribution >= 0.6 is 11.6 Å². The molecule has 0 heterocycles. The van der Waals surface area contributed by atoms with E-state index in [1.807, 2.05) is 37.3 Å². The molecular formula is C8H12ClNO. The Morgan fingerprint density at radius 1 is 1.36 bits per heavy atom. The summed E-state index contributed by atoms with van der Waals surface area (Å²) in [5.74, 6) is 4.53. The minimum Gasteiger partial charge on any atom is -0.305 e. The Bertz CT molecular complexity index is 165. The van der Waals surface area contributed by atoms with Crippen molar-refractivity contribution >= 4 is 11.6 Å². The van der Waals surface area contributed by atoms with Gasteiger partial charge in [0.25, 0.3) is 0 Å². The zero-order valence-corrected chi connectivity index (χ0v) is 7.21. The van der Waals surface area contributed by atoms with Crippen LogP contribution in [0.2, 0.25) is 5.02 Å². The maximum Gasteiger partial charge on any atom is 0.0651 e. The molecule has 0 aliphatic heterocycles. The summed E-state index contributed by atoms with van der Waals surface area (Å²) in [5.41, 5.74) is 0. The minimum absolute atomic E-state index is 0.597. The number of benzene rings is 1. The Morgan fingerprint density at radius 2 is 1.82 bits per heavy atom. The van der Waals surface area contributed by atoms with E-state index in [4.69, 9.17) is 11.6 Å². The summed E-state index contributed by atoms with van der Waals surface area (Å²) >= 11 is 5.54. The number of rotatable bonds is 1. The first-order chi connectivity index (χ1) is 5.31. The monoisotopic (exact) mass is 173 g/mol. The quantitative estimate of drug-likeness (QED) is 0.662. The molecule has 0 radical (unpaired) electrons. The van der Waals surface area contributed by atoms with E-state index in [-0.39, 0.29) is 0 Å². The highest BCUT2D eigenvalue weighted by Crippen LogP contribution is 2.03. The maximum atomic E-state index is 5.54. The molecule has 0 bridgehead atoms. The fourth-order valence-corrected chi connectivity index (χ4v) is 0.560. The van der Waals surface area contributed by atoms with Gasteiger partial charge in [0.15, 0.2) is 0 Å². The molecule has 0 saturated carbocycles. The lowest BCUT2D eigenvalue weighted by atomic mass is 10.4. The molecule has 0 saturated heterocycles. The van der Waals surface area contributed by atoms with Gasteiger partial charge in [-0.3, -0.25) is 0 Å². The first-order valence-electron chi connectivity index (χ1n) is 3.33. The van der Waals surface area contributed by atoms with Crippen molar-refractivity contribution < 1.29 is 4.84 Å². The number of hydrogen-bond acceptors (Lipinski definition) is 2. The molecular weight excluding hydrogens is 162 g/mol. The Morgan fingerprint density at radius 3 is 2.00 bits per heavy atom. The Hall–Kier alpha value is -0.570. The van der Waals surface area contributed by atoms with E-state index >= 15 is 0 Å². The molecule has 0 aromatic heterocycles. The van der Waals surface area contributed by atoms with E-state index in [0.717, 1.165) is 5.02 Å². The molecule has 1 aromatic rings. The third-order valence-electron chi connectivity index (χ3n) is 0.900. The largest absolute Gasteiger partial charge is 0.305 e. The van der Waals surface area contributed by atoms with Gasteiger partial charge in [-0.2, -0.15) is 0 Å². The van der Waals surface area contributed by atoms with Crippen molar-refractivity contribution in [3.05, 3.63) is 35.4 Å². The van der Waals surface area contributed by atoms with Gasteiger partial charge in [-0.15, -0.1) is 0 Å². The van der Waals surface area contributed by atoms with Crippen molar-refractivity contribution in [2.45, 2.75) is 6.92 Å². The molecule has 62 valence electrons. The van der Waals surface area contributed by atoms with Crippen molar-refractivity contribution in [3.63, 3.8) is 0 Å². The van der Waals surface area contributed by atoms with E-state index < -0.39 is 0 Å². The molecule has 1 aromatic carbocycles. The second-order valence-electron chi connectivity index (χ2n) is 1.75. The van der Waals surface area contributed by atoms with Gasteiger partial charge in [-0.1, -0.05) is 29.8 Å². The highest BCUT2D eigenvalue weighted by Gasteiger charge is 1.74. The summed E-state index contributed by atoms with van der Waals surface area (Å²) in [5, 5.41) is 0.794. The summed E-state index contributed by atoms with van der Waals surface area (Å²) in [4.78, 5) is 4.04. The average molecular weight is 174 g/mol. The summed E-state index contributed by atoms with van der Waals surface area (Å²) in [7, 11) is 0. The van der Waals surface area contributed by atoms with Crippen molar-refractivity contribution in [2.24, 2.45) is 5.90 Å².